The van der Waals surface area contributed by atoms with Crippen molar-refractivity contribution < 1.29 is 5.11 Å². The van der Waals surface area contributed by atoms with E-state index in [2.05, 4.69) is 0 Å². The lowest BCUT2D eigenvalue weighted by Crippen LogP contribution is -1.75. The lowest BCUT2D eigenvalue weighted by Gasteiger charge is -1.96. The number of hydrogen-bond acceptors (Lipinski definition) is 3. The molecule has 2 rings (SSSR count). The quantitative estimate of drug-likeness (QED) is 0.692. The molecule has 64 valence electrons. The van der Waals surface area contributed by atoms with Gasteiger partial charge in [-0.05, 0) is 30.0 Å². The van der Waals surface area contributed by atoms with Gasteiger partial charge in [-0.2, -0.15) is 5.26 Å². The maximum atomic E-state index is 9.56. The molecule has 0 atom stereocenters. The third-order valence-corrected chi connectivity index (χ3v) is 3.11. The summed E-state index contributed by atoms with van der Waals surface area (Å²) in [7, 11) is 0. The molecule has 0 saturated carbocycles. The standard InChI is InChI=1S/C10H7NOS/c1-6-5-13-10-8(6)2-7(4-11)3-9(10)12/h2-3,5,12H,1H3. The van der Waals surface area contributed by atoms with Crippen molar-refractivity contribution in [2.75, 3.05) is 0 Å². The fourth-order valence-corrected chi connectivity index (χ4v) is 2.25. The van der Waals surface area contributed by atoms with Gasteiger partial charge in [-0.3, -0.25) is 0 Å². The van der Waals surface area contributed by atoms with E-state index < -0.39 is 0 Å². The number of hydrogen-bond donors (Lipinski definition) is 1. The summed E-state index contributed by atoms with van der Waals surface area (Å²) in [6.45, 7) is 1.97. The molecule has 0 aliphatic heterocycles. The van der Waals surface area contributed by atoms with Crippen molar-refractivity contribution in [3.63, 3.8) is 0 Å². The molecule has 0 aliphatic rings. The lowest BCUT2D eigenvalue weighted by molar-refractivity contribution is 0.482. The first-order valence-electron chi connectivity index (χ1n) is 3.83. The van der Waals surface area contributed by atoms with Crippen LogP contribution >= 0.6 is 11.3 Å². The second-order valence-electron chi connectivity index (χ2n) is 2.90. The van der Waals surface area contributed by atoms with E-state index in [0.717, 1.165) is 15.6 Å². The normalized spacial score (nSPS) is 10.2. The Bertz CT molecular complexity index is 507. The van der Waals surface area contributed by atoms with Gasteiger partial charge in [0.1, 0.15) is 5.75 Å². The molecule has 1 heterocycles. The number of aryl methyl sites for hydroxylation is 1. The van der Waals surface area contributed by atoms with E-state index in [1.807, 2.05) is 18.4 Å². The van der Waals surface area contributed by atoms with Gasteiger partial charge in [-0.15, -0.1) is 11.3 Å². The number of benzene rings is 1. The zero-order valence-electron chi connectivity index (χ0n) is 7.03. The third-order valence-electron chi connectivity index (χ3n) is 1.98. The summed E-state index contributed by atoms with van der Waals surface area (Å²) in [5, 5.41) is 21.2. The average Bonchev–Trinajstić information content (AvgIpc) is 2.48. The molecule has 0 aliphatic carbocycles. The second kappa shape index (κ2) is 2.75. The zero-order valence-corrected chi connectivity index (χ0v) is 7.85. The summed E-state index contributed by atoms with van der Waals surface area (Å²) in [5.74, 6) is 0.201. The maximum absolute atomic E-state index is 9.56. The first kappa shape index (κ1) is 8.09. The Morgan fingerprint density at radius 1 is 1.46 bits per heavy atom. The minimum atomic E-state index is 0.201. The molecular formula is C10H7NOS. The molecule has 3 heteroatoms. The van der Waals surface area contributed by atoms with Crippen LogP contribution in [0.25, 0.3) is 10.1 Å². The highest BCUT2D eigenvalue weighted by Gasteiger charge is 2.06. The molecule has 0 radical (unpaired) electrons. The Kier molecular flexibility index (Phi) is 1.71. The highest BCUT2D eigenvalue weighted by atomic mass is 32.1. The second-order valence-corrected chi connectivity index (χ2v) is 3.78. The molecule has 2 nitrogen and oxygen atoms in total. The van der Waals surface area contributed by atoms with Crippen molar-refractivity contribution in [1.29, 1.82) is 5.26 Å². The molecule has 1 N–H and O–H groups in total. The van der Waals surface area contributed by atoms with Gasteiger partial charge in [0.2, 0.25) is 0 Å². The van der Waals surface area contributed by atoms with Gasteiger partial charge in [0.25, 0.3) is 0 Å². The SMILES string of the molecule is Cc1csc2c(O)cc(C#N)cc12. The van der Waals surface area contributed by atoms with Crippen molar-refractivity contribution >= 4 is 21.4 Å². The zero-order chi connectivity index (χ0) is 9.42. The van der Waals surface area contributed by atoms with Gasteiger partial charge >= 0.3 is 0 Å². The molecule has 13 heavy (non-hydrogen) atoms. The van der Waals surface area contributed by atoms with Crippen LogP contribution in [0.4, 0.5) is 0 Å². The largest absolute Gasteiger partial charge is 0.506 e. The summed E-state index contributed by atoms with van der Waals surface area (Å²) in [5.41, 5.74) is 1.61. The summed E-state index contributed by atoms with van der Waals surface area (Å²) < 4.78 is 0.858. The number of phenols is 1. The van der Waals surface area contributed by atoms with E-state index >= 15 is 0 Å². The van der Waals surface area contributed by atoms with Gasteiger partial charge < -0.3 is 5.11 Å². The van der Waals surface area contributed by atoms with E-state index in [1.54, 1.807) is 6.07 Å². The van der Waals surface area contributed by atoms with Gasteiger partial charge in [-0.25, -0.2) is 0 Å². The Morgan fingerprint density at radius 3 is 2.92 bits per heavy atom. The number of nitrogens with zero attached hydrogens (tertiary/aromatic N) is 1. The first-order chi connectivity index (χ1) is 6.22. The molecule has 2 aromatic rings. The topological polar surface area (TPSA) is 44.0 Å². The van der Waals surface area contributed by atoms with Gasteiger partial charge in [-0.1, -0.05) is 0 Å². The van der Waals surface area contributed by atoms with E-state index in [1.165, 1.54) is 17.4 Å². The number of nitriles is 1. The van der Waals surface area contributed by atoms with Crippen LogP contribution in [0.2, 0.25) is 0 Å². The van der Waals surface area contributed by atoms with E-state index in [-0.39, 0.29) is 5.75 Å². The number of rotatable bonds is 0. The van der Waals surface area contributed by atoms with Crippen molar-refractivity contribution in [2.45, 2.75) is 6.92 Å². The Labute approximate surface area is 79.7 Å². The Morgan fingerprint density at radius 2 is 2.23 bits per heavy atom. The molecule has 0 amide bonds. The summed E-state index contributed by atoms with van der Waals surface area (Å²) in [6, 6.07) is 5.33. The van der Waals surface area contributed by atoms with Crippen LogP contribution in [0.3, 0.4) is 0 Å². The fraction of sp³-hybridized carbons (Fsp3) is 0.100. The van der Waals surface area contributed by atoms with Crippen LogP contribution in [0, 0.1) is 18.3 Å². The fourth-order valence-electron chi connectivity index (χ4n) is 1.31. The van der Waals surface area contributed by atoms with Crippen LogP contribution in [-0.4, -0.2) is 5.11 Å². The monoisotopic (exact) mass is 189 g/mol. The highest BCUT2D eigenvalue weighted by molar-refractivity contribution is 7.17. The predicted molar refractivity (Wildman–Crippen MR) is 52.9 cm³/mol. The van der Waals surface area contributed by atoms with Crippen LogP contribution in [0.15, 0.2) is 17.5 Å². The average molecular weight is 189 g/mol. The lowest BCUT2D eigenvalue weighted by atomic mass is 10.1. The maximum Gasteiger partial charge on any atom is 0.134 e. The van der Waals surface area contributed by atoms with Crippen molar-refractivity contribution in [1.82, 2.24) is 0 Å². The minimum Gasteiger partial charge on any atom is -0.506 e. The molecule has 0 bridgehead atoms. The van der Waals surface area contributed by atoms with Crippen LogP contribution in [0.5, 0.6) is 5.75 Å². The third kappa shape index (κ3) is 1.16. The van der Waals surface area contributed by atoms with Crippen molar-refractivity contribution in [2.24, 2.45) is 0 Å². The molecule has 0 unspecified atom stereocenters. The number of thiophene rings is 1. The highest BCUT2D eigenvalue weighted by Crippen LogP contribution is 2.33. The number of fused-ring (bicyclic) bond motifs is 1. The van der Waals surface area contributed by atoms with E-state index in [9.17, 15) is 5.11 Å². The molecule has 0 fully saturated rings. The Hall–Kier alpha value is -1.53. The van der Waals surface area contributed by atoms with Crippen LogP contribution < -0.4 is 0 Å². The molecular weight excluding hydrogens is 182 g/mol. The Balaban J connectivity index is 2.90. The van der Waals surface area contributed by atoms with Crippen LogP contribution in [0.1, 0.15) is 11.1 Å². The summed E-state index contributed by atoms with van der Waals surface area (Å²) >= 11 is 1.50. The smallest absolute Gasteiger partial charge is 0.134 e. The molecule has 0 saturated heterocycles. The minimum absolute atomic E-state index is 0.201. The molecule has 1 aromatic carbocycles. The van der Waals surface area contributed by atoms with E-state index in [0.29, 0.717) is 5.56 Å². The van der Waals surface area contributed by atoms with Crippen LogP contribution in [-0.2, 0) is 0 Å². The van der Waals surface area contributed by atoms with Gasteiger partial charge in [0, 0.05) is 5.39 Å². The van der Waals surface area contributed by atoms with Gasteiger partial charge in [0.05, 0.1) is 16.3 Å². The predicted octanol–water partition coefficient (Wildman–Crippen LogP) is 2.79. The van der Waals surface area contributed by atoms with E-state index in [4.69, 9.17) is 5.26 Å². The molecule has 0 spiro atoms. The van der Waals surface area contributed by atoms with Crippen molar-refractivity contribution in [3.05, 3.63) is 28.6 Å². The summed E-state index contributed by atoms with van der Waals surface area (Å²) in [6.07, 6.45) is 0. The molecule has 1 aromatic heterocycles. The number of phenolic OH excluding ortho intramolecular Hbond substituents is 1. The summed E-state index contributed by atoms with van der Waals surface area (Å²) in [4.78, 5) is 0. The van der Waals surface area contributed by atoms with Gasteiger partial charge in [0.15, 0.2) is 0 Å². The first-order valence-corrected chi connectivity index (χ1v) is 4.71. The van der Waals surface area contributed by atoms with Crippen molar-refractivity contribution in [3.8, 4) is 11.8 Å². The number of aromatic hydroxyl groups is 1.